The number of anilines is 1. The summed E-state index contributed by atoms with van der Waals surface area (Å²) in [5.41, 5.74) is 1.41. The lowest BCUT2D eigenvalue weighted by atomic mass is 10.2. The van der Waals surface area contributed by atoms with Crippen LogP contribution in [0.1, 0.15) is 16.1 Å². The Morgan fingerprint density at radius 2 is 2.11 bits per heavy atom. The minimum atomic E-state index is -0.153. The maximum Gasteiger partial charge on any atom is 0.260 e. The summed E-state index contributed by atoms with van der Waals surface area (Å²) in [7, 11) is 1.58. The fourth-order valence-corrected chi connectivity index (χ4v) is 4.35. The van der Waals surface area contributed by atoms with Gasteiger partial charge in [0, 0.05) is 10.5 Å². The second-order valence-corrected chi connectivity index (χ2v) is 7.92. The molecule has 0 atom stereocenters. The number of thioether (sulfide) groups is 1. The van der Waals surface area contributed by atoms with Gasteiger partial charge in [-0.05, 0) is 54.8 Å². The van der Waals surface area contributed by atoms with Crippen LogP contribution in [0.3, 0.4) is 0 Å². The third-order valence-corrected chi connectivity index (χ3v) is 6.04. The lowest BCUT2D eigenvalue weighted by Crippen LogP contribution is -2.30. The van der Waals surface area contributed by atoms with Gasteiger partial charge in [0.2, 0.25) is 0 Å². The van der Waals surface area contributed by atoms with E-state index in [4.69, 9.17) is 14.1 Å². The Labute approximate surface area is 170 Å². The van der Waals surface area contributed by atoms with Crippen molar-refractivity contribution in [3.63, 3.8) is 0 Å². The van der Waals surface area contributed by atoms with Crippen LogP contribution in [0.15, 0.2) is 70.2 Å². The van der Waals surface area contributed by atoms with Gasteiger partial charge in [0.15, 0.2) is 5.13 Å². The zero-order valence-electron chi connectivity index (χ0n) is 15.4. The van der Waals surface area contributed by atoms with E-state index < -0.39 is 0 Å². The highest BCUT2D eigenvalue weighted by atomic mass is 32.2. The molecule has 0 fully saturated rings. The first-order chi connectivity index (χ1) is 13.7. The van der Waals surface area contributed by atoms with Crippen LogP contribution in [0.4, 0.5) is 5.13 Å². The molecule has 0 saturated heterocycles. The minimum absolute atomic E-state index is 0.153. The first-order valence-corrected chi connectivity index (χ1v) is 10.6. The molecule has 0 aliphatic heterocycles. The normalized spacial score (nSPS) is 10.9. The van der Waals surface area contributed by atoms with Crippen LogP contribution >= 0.6 is 23.1 Å². The van der Waals surface area contributed by atoms with Crippen molar-refractivity contribution >= 4 is 44.4 Å². The molecule has 142 valence electrons. The fourth-order valence-electron chi connectivity index (χ4n) is 2.83. The Morgan fingerprint density at radius 3 is 2.86 bits per heavy atom. The summed E-state index contributed by atoms with van der Waals surface area (Å²) in [5, 5.41) is 0.637. The molecule has 0 bridgehead atoms. The van der Waals surface area contributed by atoms with Gasteiger partial charge in [-0.2, -0.15) is 0 Å². The highest BCUT2D eigenvalue weighted by Crippen LogP contribution is 2.33. The van der Waals surface area contributed by atoms with Crippen molar-refractivity contribution in [2.75, 3.05) is 18.3 Å². The van der Waals surface area contributed by atoms with E-state index in [9.17, 15) is 4.79 Å². The third kappa shape index (κ3) is 3.76. The predicted octanol–water partition coefficient (Wildman–Crippen LogP) is 5.47. The zero-order valence-corrected chi connectivity index (χ0v) is 17.0. The molecule has 5 nitrogen and oxygen atoms in total. The summed E-state index contributed by atoms with van der Waals surface area (Å²) in [6.45, 7) is 0.304. The van der Waals surface area contributed by atoms with Gasteiger partial charge in [0.25, 0.3) is 5.91 Å². The number of aromatic nitrogens is 1. The van der Waals surface area contributed by atoms with Gasteiger partial charge in [-0.15, -0.1) is 11.8 Å². The number of hydrogen-bond donors (Lipinski definition) is 0. The van der Waals surface area contributed by atoms with E-state index in [0.717, 1.165) is 10.2 Å². The molecule has 0 radical (unpaired) electrons. The molecule has 2 heterocycles. The quantitative estimate of drug-likeness (QED) is 0.395. The van der Waals surface area contributed by atoms with E-state index in [-0.39, 0.29) is 5.91 Å². The van der Waals surface area contributed by atoms with Crippen molar-refractivity contribution in [3.8, 4) is 5.75 Å². The topological polar surface area (TPSA) is 55.6 Å². The lowest BCUT2D eigenvalue weighted by molar-refractivity contribution is 0.0983. The average molecular weight is 411 g/mol. The third-order valence-electron chi connectivity index (χ3n) is 4.27. The second kappa shape index (κ2) is 8.08. The number of furan rings is 1. The van der Waals surface area contributed by atoms with E-state index in [1.807, 2.05) is 36.6 Å². The van der Waals surface area contributed by atoms with E-state index in [0.29, 0.717) is 28.7 Å². The smallest absolute Gasteiger partial charge is 0.260 e. The molecule has 4 rings (SSSR count). The fraction of sp³-hybridized carbons (Fsp3) is 0.143. The van der Waals surface area contributed by atoms with Crippen LogP contribution in [0.5, 0.6) is 5.75 Å². The molecular formula is C21H18N2O3S2. The molecule has 0 aliphatic carbocycles. The molecule has 0 N–H and O–H groups in total. The van der Waals surface area contributed by atoms with Crippen molar-refractivity contribution in [1.82, 2.24) is 4.98 Å². The van der Waals surface area contributed by atoms with E-state index in [2.05, 4.69) is 6.07 Å². The van der Waals surface area contributed by atoms with Crippen molar-refractivity contribution in [2.24, 2.45) is 0 Å². The number of carbonyl (C=O) groups is 1. The van der Waals surface area contributed by atoms with Crippen LogP contribution < -0.4 is 9.64 Å². The minimum Gasteiger partial charge on any atom is -0.497 e. The monoisotopic (exact) mass is 410 g/mol. The van der Waals surface area contributed by atoms with Gasteiger partial charge in [0.1, 0.15) is 11.5 Å². The Balaban J connectivity index is 1.75. The van der Waals surface area contributed by atoms with Crippen molar-refractivity contribution < 1.29 is 13.9 Å². The maximum atomic E-state index is 13.3. The molecular weight excluding hydrogens is 392 g/mol. The van der Waals surface area contributed by atoms with Gasteiger partial charge in [0.05, 0.1) is 30.1 Å². The van der Waals surface area contributed by atoms with E-state index in [1.54, 1.807) is 48.2 Å². The standard InChI is InChI=1S/C21H18N2O3S2/c1-25-15-6-3-5-14(11-15)20(24)23(13-16-7-4-10-26-16)21-22-18-9-8-17(27-2)12-19(18)28-21/h3-12H,13H2,1-2H3. The van der Waals surface area contributed by atoms with Gasteiger partial charge < -0.3 is 9.15 Å². The molecule has 0 saturated carbocycles. The van der Waals surface area contributed by atoms with E-state index in [1.165, 1.54) is 16.2 Å². The van der Waals surface area contributed by atoms with Gasteiger partial charge in [-0.25, -0.2) is 4.98 Å². The number of carbonyl (C=O) groups excluding carboxylic acids is 1. The van der Waals surface area contributed by atoms with E-state index >= 15 is 0 Å². The molecule has 0 unspecified atom stereocenters. The number of ether oxygens (including phenoxy) is 1. The number of methoxy groups -OCH3 is 1. The van der Waals surface area contributed by atoms with Gasteiger partial charge in [-0.3, -0.25) is 9.69 Å². The summed E-state index contributed by atoms with van der Waals surface area (Å²) in [4.78, 5) is 20.8. The van der Waals surface area contributed by atoms with Crippen LogP contribution in [0.25, 0.3) is 10.2 Å². The highest BCUT2D eigenvalue weighted by molar-refractivity contribution is 7.98. The van der Waals surface area contributed by atoms with Crippen LogP contribution in [-0.2, 0) is 6.54 Å². The second-order valence-electron chi connectivity index (χ2n) is 6.03. The van der Waals surface area contributed by atoms with Gasteiger partial charge in [-0.1, -0.05) is 17.4 Å². The molecule has 1 amide bonds. The first-order valence-electron chi connectivity index (χ1n) is 8.61. The first kappa shape index (κ1) is 18.6. The van der Waals surface area contributed by atoms with Gasteiger partial charge >= 0.3 is 0 Å². The maximum absolute atomic E-state index is 13.3. The summed E-state index contributed by atoms with van der Waals surface area (Å²) in [6, 6.07) is 16.9. The predicted molar refractivity (Wildman–Crippen MR) is 114 cm³/mol. The zero-order chi connectivity index (χ0) is 19.5. The number of rotatable bonds is 6. The SMILES string of the molecule is COc1cccc(C(=O)N(Cc2ccco2)c2nc3ccc(SC)cc3s2)c1. The number of hydrogen-bond acceptors (Lipinski definition) is 6. The Kier molecular flexibility index (Phi) is 5.36. The number of thiazole rings is 1. The van der Waals surface area contributed by atoms with Crippen LogP contribution in [0, 0.1) is 0 Å². The highest BCUT2D eigenvalue weighted by Gasteiger charge is 2.23. The number of benzene rings is 2. The lowest BCUT2D eigenvalue weighted by Gasteiger charge is -2.19. The molecule has 0 aliphatic rings. The van der Waals surface area contributed by atoms with Crippen LogP contribution in [-0.4, -0.2) is 24.3 Å². The average Bonchev–Trinajstić information content (AvgIpc) is 3.40. The summed E-state index contributed by atoms with van der Waals surface area (Å²) < 4.78 is 11.8. The number of amides is 1. The summed E-state index contributed by atoms with van der Waals surface area (Å²) >= 11 is 3.18. The van der Waals surface area contributed by atoms with Crippen molar-refractivity contribution in [3.05, 3.63) is 72.2 Å². The largest absolute Gasteiger partial charge is 0.497 e. The molecule has 7 heteroatoms. The molecule has 4 aromatic rings. The van der Waals surface area contributed by atoms with Crippen molar-refractivity contribution in [1.29, 1.82) is 0 Å². The summed E-state index contributed by atoms with van der Waals surface area (Å²) in [5.74, 6) is 1.18. The van der Waals surface area contributed by atoms with Crippen LogP contribution in [0.2, 0.25) is 0 Å². The number of nitrogens with zero attached hydrogens (tertiary/aromatic N) is 2. The summed E-state index contributed by atoms with van der Waals surface area (Å²) in [6.07, 6.45) is 3.64. The Morgan fingerprint density at radius 1 is 1.21 bits per heavy atom. The molecule has 0 spiro atoms. The molecule has 28 heavy (non-hydrogen) atoms. The molecule has 2 aromatic heterocycles. The Bertz CT molecular complexity index is 1110. The van der Waals surface area contributed by atoms with Crippen molar-refractivity contribution in [2.45, 2.75) is 11.4 Å². The number of fused-ring (bicyclic) bond motifs is 1. The molecule has 2 aromatic carbocycles. The Hall–Kier alpha value is -2.77.